The second-order valence-corrected chi connectivity index (χ2v) is 4.52. The Balaban J connectivity index is 1.84. The number of fused-ring (bicyclic) bond motifs is 1. The van der Waals surface area contributed by atoms with Crippen molar-refractivity contribution in [2.45, 2.75) is 25.3 Å². The second-order valence-electron chi connectivity index (χ2n) is 4.52. The van der Waals surface area contributed by atoms with E-state index in [0.29, 0.717) is 11.9 Å². The van der Waals surface area contributed by atoms with Gasteiger partial charge in [0.1, 0.15) is 0 Å². The largest absolute Gasteiger partial charge is 0.304 e. The van der Waals surface area contributed by atoms with E-state index >= 15 is 0 Å². The number of piperidine rings is 1. The first-order valence-corrected chi connectivity index (χ1v) is 6.38. The van der Waals surface area contributed by atoms with E-state index in [1.807, 2.05) is 30.5 Å². The minimum absolute atomic E-state index is 0.300. The molecule has 1 N–H and O–H groups in total. The lowest BCUT2D eigenvalue weighted by Crippen LogP contribution is -2.32. The normalized spacial score (nSPS) is 19.2. The molecule has 18 heavy (non-hydrogen) atoms. The van der Waals surface area contributed by atoms with E-state index in [1.165, 1.54) is 12.8 Å². The summed E-state index contributed by atoms with van der Waals surface area (Å²) in [4.78, 5) is 8.73. The fraction of sp³-hybridized carbons (Fsp3) is 0.333. The van der Waals surface area contributed by atoms with Crippen molar-refractivity contribution in [3.8, 4) is 11.8 Å². The van der Waals surface area contributed by atoms with E-state index in [9.17, 15) is 0 Å². The number of hydrogen-bond donors (Lipinski definition) is 1. The van der Waals surface area contributed by atoms with Crippen molar-refractivity contribution in [1.82, 2.24) is 15.3 Å². The summed E-state index contributed by atoms with van der Waals surface area (Å²) >= 11 is 0. The Bertz CT molecular complexity index is 604. The average molecular weight is 237 g/mol. The maximum absolute atomic E-state index is 4.45. The third-order valence-corrected chi connectivity index (χ3v) is 3.16. The third kappa shape index (κ3) is 2.49. The monoisotopic (exact) mass is 237 g/mol. The molecule has 1 atom stereocenters. The molecule has 2 aromatic rings. The van der Waals surface area contributed by atoms with Crippen LogP contribution in [0.2, 0.25) is 0 Å². The predicted molar refractivity (Wildman–Crippen MR) is 72.1 cm³/mol. The molecule has 0 spiro atoms. The minimum atomic E-state index is 0.300. The quantitative estimate of drug-likeness (QED) is 0.713. The maximum atomic E-state index is 4.45. The molecule has 1 aliphatic rings. The number of para-hydroxylation sites is 1. The molecule has 0 amide bonds. The van der Waals surface area contributed by atoms with Crippen LogP contribution in [0.25, 0.3) is 10.9 Å². The van der Waals surface area contributed by atoms with E-state index in [-0.39, 0.29) is 0 Å². The minimum Gasteiger partial charge on any atom is -0.304 e. The van der Waals surface area contributed by atoms with Crippen molar-refractivity contribution in [3.63, 3.8) is 0 Å². The van der Waals surface area contributed by atoms with Gasteiger partial charge in [-0.15, -0.1) is 0 Å². The van der Waals surface area contributed by atoms with Crippen LogP contribution < -0.4 is 5.32 Å². The van der Waals surface area contributed by atoms with Crippen LogP contribution in [0.5, 0.6) is 0 Å². The van der Waals surface area contributed by atoms with Gasteiger partial charge in [-0.05, 0) is 37.8 Å². The van der Waals surface area contributed by atoms with Crippen molar-refractivity contribution in [2.75, 3.05) is 6.54 Å². The molecule has 3 rings (SSSR count). The molecular formula is C15H15N3. The smallest absolute Gasteiger partial charge is 0.205 e. The molecule has 1 aromatic heterocycles. The zero-order valence-electron chi connectivity index (χ0n) is 10.2. The highest BCUT2D eigenvalue weighted by Gasteiger charge is 2.08. The first-order chi connectivity index (χ1) is 8.92. The van der Waals surface area contributed by atoms with Gasteiger partial charge in [-0.3, -0.25) is 0 Å². The van der Waals surface area contributed by atoms with Crippen LogP contribution in [0.3, 0.4) is 0 Å². The standard InChI is InChI=1S/C15H15N3/c1-2-7-14-12(5-1)11-17-15(18-14)9-8-13-6-3-4-10-16-13/h1-2,5,7,11,13,16H,3-4,6,10H2. The zero-order valence-corrected chi connectivity index (χ0v) is 10.2. The van der Waals surface area contributed by atoms with Gasteiger partial charge in [0, 0.05) is 11.6 Å². The SMILES string of the molecule is C(#CC1CCCCN1)c1ncc2ccccc2n1. The Kier molecular flexibility index (Phi) is 3.20. The summed E-state index contributed by atoms with van der Waals surface area (Å²) in [6.45, 7) is 1.07. The molecule has 0 saturated carbocycles. The molecule has 2 heterocycles. The number of nitrogens with one attached hydrogen (secondary N) is 1. The fourth-order valence-corrected chi connectivity index (χ4v) is 2.16. The Labute approximate surface area is 107 Å². The van der Waals surface area contributed by atoms with Gasteiger partial charge in [-0.25, -0.2) is 9.97 Å². The second kappa shape index (κ2) is 5.16. The molecule has 1 unspecified atom stereocenters. The summed E-state index contributed by atoms with van der Waals surface area (Å²) in [6.07, 6.45) is 5.47. The average Bonchev–Trinajstić information content (AvgIpc) is 2.46. The van der Waals surface area contributed by atoms with Gasteiger partial charge in [0.15, 0.2) is 0 Å². The number of nitrogens with zero attached hydrogens (tertiary/aromatic N) is 2. The van der Waals surface area contributed by atoms with Crippen LogP contribution in [0.15, 0.2) is 30.5 Å². The van der Waals surface area contributed by atoms with Crippen LogP contribution in [-0.4, -0.2) is 22.6 Å². The lowest BCUT2D eigenvalue weighted by Gasteiger charge is -2.17. The van der Waals surface area contributed by atoms with Gasteiger partial charge in [-0.2, -0.15) is 0 Å². The van der Waals surface area contributed by atoms with Crippen molar-refractivity contribution >= 4 is 10.9 Å². The van der Waals surface area contributed by atoms with Gasteiger partial charge < -0.3 is 5.32 Å². The highest BCUT2D eigenvalue weighted by atomic mass is 14.9. The molecular weight excluding hydrogens is 222 g/mol. The van der Waals surface area contributed by atoms with Gasteiger partial charge in [-0.1, -0.05) is 24.1 Å². The Hall–Kier alpha value is -1.92. The van der Waals surface area contributed by atoms with Crippen LogP contribution in [0.4, 0.5) is 0 Å². The zero-order chi connectivity index (χ0) is 12.2. The summed E-state index contributed by atoms with van der Waals surface area (Å²) in [5.74, 6) is 6.90. The molecule has 3 heteroatoms. The van der Waals surface area contributed by atoms with Crippen LogP contribution >= 0.6 is 0 Å². The predicted octanol–water partition coefficient (Wildman–Crippen LogP) is 2.12. The van der Waals surface area contributed by atoms with Crippen molar-refractivity contribution in [2.24, 2.45) is 0 Å². The third-order valence-electron chi connectivity index (χ3n) is 3.16. The molecule has 0 radical (unpaired) electrons. The molecule has 1 aromatic carbocycles. The number of benzene rings is 1. The molecule has 90 valence electrons. The lowest BCUT2D eigenvalue weighted by atomic mass is 10.1. The number of aromatic nitrogens is 2. The first kappa shape index (κ1) is 11.2. The number of rotatable bonds is 0. The van der Waals surface area contributed by atoms with E-state index in [4.69, 9.17) is 0 Å². The number of hydrogen-bond acceptors (Lipinski definition) is 3. The van der Waals surface area contributed by atoms with E-state index in [0.717, 1.165) is 23.9 Å². The van der Waals surface area contributed by atoms with Crippen molar-refractivity contribution in [3.05, 3.63) is 36.3 Å². The summed E-state index contributed by atoms with van der Waals surface area (Å²) < 4.78 is 0. The van der Waals surface area contributed by atoms with Gasteiger partial charge in [0.2, 0.25) is 5.82 Å². The summed E-state index contributed by atoms with van der Waals surface area (Å²) in [5, 5.41) is 4.45. The Morgan fingerprint density at radius 1 is 1.22 bits per heavy atom. The molecule has 1 fully saturated rings. The maximum Gasteiger partial charge on any atom is 0.205 e. The summed E-state index contributed by atoms with van der Waals surface area (Å²) in [5.41, 5.74) is 0.952. The molecule has 1 aliphatic heterocycles. The molecule has 3 nitrogen and oxygen atoms in total. The van der Waals surface area contributed by atoms with Gasteiger partial charge >= 0.3 is 0 Å². The van der Waals surface area contributed by atoms with Crippen LogP contribution in [0.1, 0.15) is 25.1 Å². The van der Waals surface area contributed by atoms with Gasteiger partial charge in [0.05, 0.1) is 11.6 Å². The topological polar surface area (TPSA) is 37.8 Å². The summed E-state index contributed by atoms with van der Waals surface area (Å²) in [6, 6.07) is 8.27. The van der Waals surface area contributed by atoms with E-state index in [2.05, 4.69) is 27.1 Å². The highest BCUT2D eigenvalue weighted by molar-refractivity contribution is 5.77. The summed E-state index contributed by atoms with van der Waals surface area (Å²) in [7, 11) is 0. The molecule has 0 bridgehead atoms. The van der Waals surface area contributed by atoms with E-state index < -0.39 is 0 Å². The van der Waals surface area contributed by atoms with Crippen LogP contribution in [0, 0.1) is 11.8 Å². The molecule has 0 aliphatic carbocycles. The fourth-order valence-electron chi connectivity index (χ4n) is 2.16. The van der Waals surface area contributed by atoms with E-state index in [1.54, 1.807) is 0 Å². The lowest BCUT2D eigenvalue weighted by molar-refractivity contribution is 0.464. The van der Waals surface area contributed by atoms with Crippen molar-refractivity contribution in [1.29, 1.82) is 0 Å². The highest BCUT2D eigenvalue weighted by Crippen LogP contribution is 2.09. The first-order valence-electron chi connectivity index (χ1n) is 6.38. The Morgan fingerprint density at radius 3 is 3.06 bits per heavy atom. The molecule has 1 saturated heterocycles. The van der Waals surface area contributed by atoms with Crippen molar-refractivity contribution < 1.29 is 0 Å². The Morgan fingerprint density at radius 2 is 2.17 bits per heavy atom. The van der Waals surface area contributed by atoms with Crippen LogP contribution in [-0.2, 0) is 0 Å². The van der Waals surface area contributed by atoms with Gasteiger partial charge in [0.25, 0.3) is 0 Å².